The van der Waals surface area contributed by atoms with Crippen molar-refractivity contribution in [3.05, 3.63) is 52.2 Å². The fourth-order valence-corrected chi connectivity index (χ4v) is 10.3. The molecule has 1 aromatic heterocycles. The average molecular weight is 1100 g/mol. The first-order valence-electron chi connectivity index (χ1n) is 25.7. The van der Waals surface area contributed by atoms with E-state index in [0.29, 0.717) is 42.7 Å². The number of carboxylic acids is 1. The lowest BCUT2D eigenvalue weighted by Gasteiger charge is -2.32. The number of ether oxygens (including phenoxy) is 1. The number of carbonyl (C=O) groups excluding carboxylic acids is 7. The first-order chi connectivity index (χ1) is 36.8. The SMILES string of the molecule is COc1ccc(C[C@@H](CN[C@@H](CCCN=C(N)N)C(=O)O)NC(=O)[C@@H]2CCCN2C(=O)[C@H](CO)NC(=O)[C@H](Cc2cccs2)NC(=O)CNC(=O)[C@@H]2CC(O)CN2C(=O)[C@@H]2CCCN2C(=O)[C@@H](N)CCCN=C(N)N)cc1. The van der Waals surface area contributed by atoms with Gasteiger partial charge in [-0.2, -0.15) is 0 Å². The van der Waals surface area contributed by atoms with Gasteiger partial charge in [0.2, 0.25) is 41.4 Å². The molecule has 9 atom stereocenters. The molecule has 7 amide bonds. The van der Waals surface area contributed by atoms with Gasteiger partial charge in [0, 0.05) is 63.0 Å². The Morgan fingerprint density at radius 3 is 2.04 bits per heavy atom. The van der Waals surface area contributed by atoms with E-state index < -0.39 is 115 Å². The largest absolute Gasteiger partial charge is 0.497 e. The van der Waals surface area contributed by atoms with Crippen molar-refractivity contribution in [2.75, 3.05) is 59.5 Å². The molecule has 27 nitrogen and oxygen atoms in total. The summed E-state index contributed by atoms with van der Waals surface area (Å²) in [5.41, 5.74) is 28.5. The van der Waals surface area contributed by atoms with E-state index in [1.165, 1.54) is 33.1 Å². The van der Waals surface area contributed by atoms with Gasteiger partial charge in [0.25, 0.3) is 0 Å². The van der Waals surface area contributed by atoms with Crippen LogP contribution in [0.25, 0.3) is 0 Å². The van der Waals surface area contributed by atoms with Crippen LogP contribution in [-0.4, -0.2) is 203 Å². The number of hydrogen-bond donors (Lipinski definition) is 13. The van der Waals surface area contributed by atoms with Crippen LogP contribution < -0.4 is 60.0 Å². The molecule has 3 aliphatic rings. The highest BCUT2D eigenvalue weighted by molar-refractivity contribution is 7.09. The van der Waals surface area contributed by atoms with E-state index >= 15 is 0 Å². The van der Waals surface area contributed by atoms with Gasteiger partial charge in [0.15, 0.2) is 11.9 Å². The number of likely N-dealkylation sites (tertiary alicyclic amines) is 3. The molecule has 1 unspecified atom stereocenters. The molecule has 0 bridgehead atoms. The van der Waals surface area contributed by atoms with Crippen LogP contribution >= 0.6 is 11.3 Å². The zero-order chi connectivity index (χ0) is 56.2. The number of aliphatic hydroxyl groups is 2. The lowest BCUT2D eigenvalue weighted by Crippen LogP contribution is -2.59. The molecular weight excluding hydrogens is 1020 g/mol. The van der Waals surface area contributed by atoms with E-state index in [2.05, 4.69) is 36.6 Å². The molecule has 2 aromatic rings. The Kier molecular flexibility index (Phi) is 23.6. The molecule has 0 saturated carbocycles. The number of thiophene rings is 1. The molecule has 4 heterocycles. The fraction of sp³-hybridized carbons (Fsp3) is 0.592. The molecule has 77 heavy (non-hydrogen) atoms. The third kappa shape index (κ3) is 18.3. The predicted octanol–water partition coefficient (Wildman–Crippen LogP) is -4.47. The summed E-state index contributed by atoms with van der Waals surface area (Å²) < 4.78 is 5.28. The smallest absolute Gasteiger partial charge is 0.320 e. The first-order valence-corrected chi connectivity index (χ1v) is 26.5. The minimum absolute atomic E-state index is 0.0278. The molecule has 3 fully saturated rings. The number of amides is 7. The van der Waals surface area contributed by atoms with Gasteiger partial charge in [-0.25, -0.2) is 0 Å². The van der Waals surface area contributed by atoms with Gasteiger partial charge in [0.05, 0.1) is 32.4 Å². The van der Waals surface area contributed by atoms with Crippen molar-refractivity contribution >= 4 is 70.6 Å². The summed E-state index contributed by atoms with van der Waals surface area (Å²) >= 11 is 1.30. The molecule has 3 aliphatic heterocycles. The van der Waals surface area contributed by atoms with Gasteiger partial charge in [0.1, 0.15) is 42.0 Å². The fourth-order valence-electron chi connectivity index (χ4n) is 9.59. The van der Waals surface area contributed by atoms with Gasteiger partial charge in [-0.05, 0) is 86.9 Å². The molecule has 18 N–H and O–H groups in total. The van der Waals surface area contributed by atoms with Crippen molar-refractivity contribution in [2.24, 2.45) is 38.7 Å². The maximum Gasteiger partial charge on any atom is 0.320 e. The zero-order valence-electron chi connectivity index (χ0n) is 43.2. The van der Waals surface area contributed by atoms with Crippen LogP contribution in [0.3, 0.4) is 0 Å². The van der Waals surface area contributed by atoms with E-state index in [0.717, 1.165) is 5.56 Å². The number of rotatable bonds is 29. The summed E-state index contributed by atoms with van der Waals surface area (Å²) in [5.74, 6) is -5.40. The normalized spacial score (nSPS) is 20.0. The molecule has 1 aromatic carbocycles. The molecule has 28 heteroatoms. The number of aliphatic imine (C=N–C) groups is 2. The van der Waals surface area contributed by atoms with Crippen LogP contribution in [0.4, 0.5) is 0 Å². The maximum atomic E-state index is 14.2. The Balaban J connectivity index is 1.20. The molecule has 0 radical (unpaired) electrons. The summed E-state index contributed by atoms with van der Waals surface area (Å²) in [7, 11) is 1.53. The summed E-state index contributed by atoms with van der Waals surface area (Å²) in [6.07, 6.45) is 1.75. The van der Waals surface area contributed by atoms with Gasteiger partial charge in [-0.15, -0.1) is 11.3 Å². The van der Waals surface area contributed by atoms with E-state index in [4.69, 9.17) is 33.4 Å². The van der Waals surface area contributed by atoms with Gasteiger partial charge < -0.3 is 90.0 Å². The third-order valence-corrected chi connectivity index (χ3v) is 14.4. The molecule has 5 rings (SSSR count). The quantitative estimate of drug-likeness (QED) is 0.0208. The van der Waals surface area contributed by atoms with E-state index in [-0.39, 0.29) is 89.7 Å². The number of aliphatic carboxylic acids is 1. The first kappa shape index (κ1) is 60.7. The van der Waals surface area contributed by atoms with Crippen molar-refractivity contribution in [3.63, 3.8) is 0 Å². The highest BCUT2D eigenvalue weighted by atomic mass is 32.1. The third-order valence-electron chi connectivity index (χ3n) is 13.5. The number of methoxy groups -OCH3 is 1. The van der Waals surface area contributed by atoms with Crippen molar-refractivity contribution in [3.8, 4) is 5.75 Å². The summed E-state index contributed by atoms with van der Waals surface area (Å²) in [5, 5.41) is 46.5. The second-order valence-corrected chi connectivity index (χ2v) is 20.2. The lowest BCUT2D eigenvalue weighted by atomic mass is 10.0. The minimum Gasteiger partial charge on any atom is -0.497 e. The molecule has 424 valence electrons. The number of hydrogen-bond acceptors (Lipinski definition) is 16. The Morgan fingerprint density at radius 2 is 1.43 bits per heavy atom. The van der Waals surface area contributed by atoms with Crippen LogP contribution in [0, 0.1) is 0 Å². The number of nitrogens with two attached hydrogens (primary N) is 5. The molecular formula is C49H75N15O12S. The van der Waals surface area contributed by atoms with Crippen LogP contribution in [0.5, 0.6) is 5.75 Å². The van der Waals surface area contributed by atoms with Crippen LogP contribution in [0.15, 0.2) is 51.8 Å². The van der Waals surface area contributed by atoms with E-state index in [1.54, 1.807) is 29.6 Å². The average Bonchev–Trinajstić information content (AvgIpc) is 4.26. The monoisotopic (exact) mass is 1100 g/mol. The number of nitrogens with one attached hydrogen (secondary N) is 5. The number of guanidine groups is 2. The minimum atomic E-state index is -1.54. The van der Waals surface area contributed by atoms with Crippen LogP contribution in [-0.2, 0) is 51.2 Å². The number of aliphatic hydroxyl groups excluding tert-OH is 2. The predicted molar refractivity (Wildman–Crippen MR) is 283 cm³/mol. The number of carbonyl (C=O) groups is 8. The number of β-amino-alcohol motifs (C(OH)–C–C–N with tert-alkyl or cyclic N) is 1. The Bertz CT molecular complexity index is 2390. The maximum absolute atomic E-state index is 14.2. The van der Waals surface area contributed by atoms with Gasteiger partial charge in [-0.3, -0.25) is 48.3 Å². The Morgan fingerprint density at radius 1 is 0.779 bits per heavy atom. The van der Waals surface area contributed by atoms with Gasteiger partial charge >= 0.3 is 5.97 Å². The van der Waals surface area contributed by atoms with E-state index in [1.807, 2.05) is 12.1 Å². The van der Waals surface area contributed by atoms with Crippen LogP contribution in [0.1, 0.15) is 68.2 Å². The van der Waals surface area contributed by atoms with Gasteiger partial charge in [-0.1, -0.05) is 18.2 Å². The summed E-state index contributed by atoms with van der Waals surface area (Å²) in [6.45, 7) is -0.800. The molecule has 3 saturated heterocycles. The molecule has 0 aliphatic carbocycles. The lowest BCUT2D eigenvalue weighted by molar-refractivity contribution is -0.147. The summed E-state index contributed by atoms with van der Waals surface area (Å²) in [4.78, 5) is 121. The van der Waals surface area contributed by atoms with Crippen molar-refractivity contribution in [1.29, 1.82) is 0 Å². The topological polar surface area (TPSA) is 431 Å². The van der Waals surface area contributed by atoms with Crippen molar-refractivity contribution in [2.45, 2.75) is 125 Å². The summed E-state index contributed by atoms with van der Waals surface area (Å²) in [6, 6.07) is 2.01. The Labute approximate surface area is 450 Å². The zero-order valence-corrected chi connectivity index (χ0v) is 44.0. The van der Waals surface area contributed by atoms with Crippen molar-refractivity contribution in [1.82, 2.24) is 41.3 Å². The second kappa shape index (κ2) is 30.0. The number of benzene rings is 1. The number of nitrogens with zero attached hydrogens (tertiary/aromatic N) is 5. The molecule has 0 spiro atoms. The Hall–Kier alpha value is -7.14. The number of carboxylic acid groups (broad SMARTS) is 1. The van der Waals surface area contributed by atoms with Crippen LogP contribution in [0.2, 0.25) is 0 Å². The standard InChI is InChI=1S/C49H75N15O12S/c1-76-31-14-12-28(13-15-31)21-29(24-57-34(47(74)75)9-3-17-56-49(53)54)59-43(70)37-10-4-18-62(37)45(72)36(27-65)61-41(68)35(23-32-7-6-20-77-32)60-40(67)25-58-42(69)39-22-30(66)26-64(39)46(73)38-11-5-19-63(38)44(71)33(50)8-2-16-55-48(51)52/h6-7,12-15,20,29-30,33-39,57,65-66H,2-5,8-11,16-19,21-27,50H2,1H3,(H,58,69)(H,59,70)(H,60,67)(H,61,68)(H,74,75)(H4,51,52,55)(H4,53,54,56)/t29-,30?,33-,34-,35-,36-,37-,38-,39-/m0/s1. The second-order valence-electron chi connectivity index (χ2n) is 19.2. The van der Waals surface area contributed by atoms with Crippen molar-refractivity contribution < 1.29 is 58.4 Å². The highest BCUT2D eigenvalue weighted by Gasteiger charge is 2.45. The van der Waals surface area contributed by atoms with E-state index in [9.17, 15) is 53.7 Å². The highest BCUT2D eigenvalue weighted by Crippen LogP contribution is 2.27.